The van der Waals surface area contributed by atoms with E-state index < -0.39 is 0 Å². The number of fused-ring (bicyclic) bond motifs is 2. The number of nitrogens with one attached hydrogen (secondary N) is 1. The van der Waals surface area contributed by atoms with Gasteiger partial charge in [0, 0.05) is 24.0 Å². The molecule has 0 radical (unpaired) electrons. The largest absolute Gasteiger partial charge is 0.335 e. The number of amides is 1. The van der Waals surface area contributed by atoms with Crippen molar-refractivity contribution >= 4 is 16.8 Å². The molecule has 1 amide bonds. The summed E-state index contributed by atoms with van der Waals surface area (Å²) in [5, 5.41) is 0.778. The topological polar surface area (TPSA) is 53.2 Å². The Morgan fingerprint density at radius 3 is 2.75 bits per heavy atom. The molecule has 1 aromatic heterocycles. The van der Waals surface area contributed by atoms with Gasteiger partial charge in [-0.1, -0.05) is 42.5 Å². The minimum Gasteiger partial charge on any atom is -0.335 e. The lowest BCUT2D eigenvalue weighted by atomic mass is 10.0. The van der Waals surface area contributed by atoms with E-state index in [0.29, 0.717) is 11.1 Å². The second-order valence-corrected chi connectivity index (χ2v) is 6.26. The smallest absolute Gasteiger partial charge is 0.254 e. The van der Waals surface area contributed by atoms with E-state index in [4.69, 9.17) is 0 Å². The van der Waals surface area contributed by atoms with E-state index in [1.807, 2.05) is 43.4 Å². The van der Waals surface area contributed by atoms with Gasteiger partial charge in [0.25, 0.3) is 5.91 Å². The molecular formula is C20H18N2O2. The number of hydrogen-bond acceptors (Lipinski definition) is 2. The van der Waals surface area contributed by atoms with Crippen LogP contribution in [0, 0.1) is 0 Å². The van der Waals surface area contributed by atoms with Crippen molar-refractivity contribution in [3.05, 3.63) is 81.6 Å². The molecule has 0 aliphatic heterocycles. The third-order valence-electron chi connectivity index (χ3n) is 4.87. The molecule has 24 heavy (non-hydrogen) atoms. The van der Waals surface area contributed by atoms with Crippen LogP contribution in [0.25, 0.3) is 10.9 Å². The van der Waals surface area contributed by atoms with Gasteiger partial charge >= 0.3 is 0 Å². The zero-order valence-electron chi connectivity index (χ0n) is 13.5. The van der Waals surface area contributed by atoms with Crippen LogP contribution < -0.4 is 5.56 Å². The third kappa shape index (κ3) is 2.31. The molecule has 0 fully saturated rings. The lowest BCUT2D eigenvalue weighted by Gasteiger charge is -2.26. The van der Waals surface area contributed by atoms with Crippen molar-refractivity contribution in [3.63, 3.8) is 0 Å². The van der Waals surface area contributed by atoms with Crippen LogP contribution in [0.4, 0.5) is 0 Å². The zero-order chi connectivity index (χ0) is 16.7. The molecular weight excluding hydrogens is 300 g/mol. The summed E-state index contributed by atoms with van der Waals surface area (Å²) in [7, 11) is 1.82. The number of nitrogens with zero attached hydrogens (tertiary/aromatic N) is 1. The maximum absolute atomic E-state index is 13.1. The second-order valence-electron chi connectivity index (χ2n) is 6.26. The summed E-state index contributed by atoms with van der Waals surface area (Å²) < 4.78 is 0. The average Bonchev–Trinajstić information content (AvgIpc) is 3.03. The Kier molecular flexibility index (Phi) is 3.45. The number of carbonyl (C=O) groups is 1. The van der Waals surface area contributed by atoms with Crippen LogP contribution in [0.3, 0.4) is 0 Å². The van der Waals surface area contributed by atoms with E-state index >= 15 is 0 Å². The molecule has 0 saturated carbocycles. The molecule has 2 aromatic carbocycles. The van der Waals surface area contributed by atoms with E-state index in [2.05, 4.69) is 17.1 Å². The minimum absolute atomic E-state index is 0.0618. The molecule has 1 aliphatic rings. The first-order valence-electron chi connectivity index (χ1n) is 8.12. The van der Waals surface area contributed by atoms with Gasteiger partial charge in [-0.3, -0.25) is 9.59 Å². The summed E-state index contributed by atoms with van der Waals surface area (Å²) >= 11 is 0. The lowest BCUT2D eigenvalue weighted by Crippen LogP contribution is -2.31. The molecule has 1 N–H and O–H groups in total. The normalized spacial score (nSPS) is 16.1. The number of aromatic nitrogens is 1. The first kappa shape index (κ1) is 14.7. The van der Waals surface area contributed by atoms with Crippen molar-refractivity contribution in [2.75, 3.05) is 7.05 Å². The van der Waals surface area contributed by atoms with E-state index in [1.54, 1.807) is 4.90 Å². The number of benzene rings is 2. The van der Waals surface area contributed by atoms with Crippen LogP contribution in [0.5, 0.6) is 0 Å². The monoisotopic (exact) mass is 318 g/mol. The Morgan fingerprint density at radius 1 is 1.12 bits per heavy atom. The first-order valence-corrected chi connectivity index (χ1v) is 8.12. The van der Waals surface area contributed by atoms with E-state index in [1.165, 1.54) is 17.2 Å². The minimum atomic E-state index is -0.253. The summed E-state index contributed by atoms with van der Waals surface area (Å²) in [6, 6.07) is 17.1. The van der Waals surface area contributed by atoms with Crippen molar-refractivity contribution in [3.8, 4) is 0 Å². The summed E-state index contributed by atoms with van der Waals surface area (Å²) in [5.41, 5.74) is 3.41. The maximum atomic E-state index is 13.1. The highest BCUT2D eigenvalue weighted by molar-refractivity contribution is 6.06. The molecule has 0 bridgehead atoms. The van der Waals surface area contributed by atoms with Crippen molar-refractivity contribution < 1.29 is 4.79 Å². The van der Waals surface area contributed by atoms with Crippen molar-refractivity contribution in [2.24, 2.45) is 0 Å². The number of rotatable bonds is 2. The summed E-state index contributed by atoms with van der Waals surface area (Å²) in [6.07, 6.45) is 1.90. The number of para-hydroxylation sites is 1. The fourth-order valence-electron chi connectivity index (χ4n) is 3.65. The molecule has 4 heteroatoms. The fourth-order valence-corrected chi connectivity index (χ4v) is 3.65. The van der Waals surface area contributed by atoms with E-state index in [-0.39, 0.29) is 17.5 Å². The Bertz CT molecular complexity index is 990. The van der Waals surface area contributed by atoms with Crippen LogP contribution in [0.2, 0.25) is 0 Å². The van der Waals surface area contributed by atoms with Crippen molar-refractivity contribution in [1.82, 2.24) is 9.88 Å². The van der Waals surface area contributed by atoms with E-state index in [9.17, 15) is 9.59 Å². The molecule has 1 unspecified atom stereocenters. The number of aryl methyl sites for hydroxylation is 1. The summed E-state index contributed by atoms with van der Waals surface area (Å²) in [4.78, 5) is 29.6. The molecule has 4 rings (SSSR count). The number of H-pyrrole nitrogens is 1. The van der Waals surface area contributed by atoms with Crippen molar-refractivity contribution in [2.45, 2.75) is 18.9 Å². The van der Waals surface area contributed by atoms with Gasteiger partial charge in [0.15, 0.2) is 0 Å². The number of pyridine rings is 1. The number of hydrogen-bond donors (Lipinski definition) is 1. The lowest BCUT2D eigenvalue weighted by molar-refractivity contribution is 0.0732. The van der Waals surface area contributed by atoms with Gasteiger partial charge in [-0.2, -0.15) is 0 Å². The molecule has 1 atom stereocenters. The van der Waals surface area contributed by atoms with Gasteiger partial charge in [0.05, 0.1) is 11.6 Å². The first-order chi connectivity index (χ1) is 11.6. The average molecular weight is 318 g/mol. The standard InChI is InChI=1S/C20H18N2O2/c1-22(18-11-10-13-6-2-3-7-14(13)18)20(24)16-12-19(23)21-17-9-5-4-8-15(16)17/h2-9,12,18H,10-11H2,1H3,(H,21,23). The van der Waals surface area contributed by atoms with Crippen LogP contribution in [0.15, 0.2) is 59.4 Å². The highest BCUT2D eigenvalue weighted by Gasteiger charge is 2.29. The van der Waals surface area contributed by atoms with Gasteiger partial charge < -0.3 is 9.88 Å². The number of carbonyl (C=O) groups excluding carboxylic acids is 1. The third-order valence-corrected chi connectivity index (χ3v) is 4.87. The maximum Gasteiger partial charge on any atom is 0.254 e. The molecule has 4 nitrogen and oxygen atoms in total. The zero-order valence-corrected chi connectivity index (χ0v) is 13.5. The van der Waals surface area contributed by atoms with Crippen LogP contribution in [-0.4, -0.2) is 22.8 Å². The molecule has 1 aliphatic carbocycles. The van der Waals surface area contributed by atoms with Gasteiger partial charge in [0.1, 0.15) is 0 Å². The molecule has 3 aromatic rings. The second kappa shape index (κ2) is 5.64. The Morgan fingerprint density at radius 2 is 1.88 bits per heavy atom. The quantitative estimate of drug-likeness (QED) is 0.788. The van der Waals surface area contributed by atoms with Crippen LogP contribution in [0.1, 0.15) is 33.9 Å². The van der Waals surface area contributed by atoms with Crippen LogP contribution in [-0.2, 0) is 6.42 Å². The SMILES string of the molecule is CN(C(=O)c1cc(=O)[nH]c2ccccc12)C1CCc2ccccc21. The van der Waals surface area contributed by atoms with Gasteiger partial charge in [0.2, 0.25) is 5.56 Å². The Balaban J connectivity index is 1.76. The van der Waals surface area contributed by atoms with Gasteiger partial charge in [-0.15, -0.1) is 0 Å². The predicted molar refractivity (Wildman–Crippen MR) is 94.2 cm³/mol. The van der Waals surface area contributed by atoms with Gasteiger partial charge in [-0.25, -0.2) is 0 Å². The van der Waals surface area contributed by atoms with E-state index in [0.717, 1.165) is 18.2 Å². The summed E-state index contributed by atoms with van der Waals surface area (Å²) in [5.74, 6) is -0.112. The summed E-state index contributed by atoms with van der Waals surface area (Å²) in [6.45, 7) is 0. The molecule has 0 saturated heterocycles. The Hall–Kier alpha value is -2.88. The highest BCUT2D eigenvalue weighted by atomic mass is 16.2. The van der Waals surface area contributed by atoms with Crippen LogP contribution >= 0.6 is 0 Å². The Labute approximate surface area is 139 Å². The predicted octanol–water partition coefficient (Wildman–Crippen LogP) is 3.29. The fraction of sp³-hybridized carbons (Fsp3) is 0.200. The van der Waals surface area contributed by atoms with Gasteiger partial charge in [-0.05, 0) is 30.0 Å². The highest BCUT2D eigenvalue weighted by Crippen LogP contribution is 2.35. The molecule has 1 heterocycles. The number of aromatic amines is 1. The molecule has 120 valence electrons. The van der Waals surface area contributed by atoms with Crippen molar-refractivity contribution in [1.29, 1.82) is 0 Å². The molecule has 0 spiro atoms.